The van der Waals surface area contributed by atoms with Gasteiger partial charge >= 0.3 is 17.9 Å². The van der Waals surface area contributed by atoms with Crippen molar-refractivity contribution in [2.75, 3.05) is 13.2 Å². The topological polar surface area (TPSA) is 78.9 Å². The number of unbranched alkanes of at least 4 members (excludes halogenated alkanes) is 28. The van der Waals surface area contributed by atoms with Crippen LogP contribution in [0.25, 0.3) is 0 Å². The van der Waals surface area contributed by atoms with E-state index in [2.05, 4.69) is 106 Å². The molecule has 6 nitrogen and oxygen atoms in total. The molecule has 0 rings (SSSR count). The van der Waals surface area contributed by atoms with Gasteiger partial charge in [0.25, 0.3) is 0 Å². The van der Waals surface area contributed by atoms with Crippen LogP contribution in [-0.2, 0) is 28.6 Å². The summed E-state index contributed by atoms with van der Waals surface area (Å²) in [4.78, 5) is 38.2. The van der Waals surface area contributed by atoms with Crippen LogP contribution in [0.2, 0.25) is 0 Å². The van der Waals surface area contributed by atoms with Crippen LogP contribution in [0.4, 0.5) is 0 Å². The van der Waals surface area contributed by atoms with Crippen LogP contribution >= 0.6 is 0 Å². The van der Waals surface area contributed by atoms with E-state index in [-0.39, 0.29) is 31.1 Å². The zero-order valence-corrected chi connectivity index (χ0v) is 46.0. The maximum atomic E-state index is 12.9. The van der Waals surface area contributed by atoms with E-state index < -0.39 is 6.10 Å². The van der Waals surface area contributed by atoms with Crippen molar-refractivity contribution in [1.29, 1.82) is 0 Å². The number of carbonyl (C=O) groups excluding carboxylic acids is 3. The molecule has 0 fully saturated rings. The Bertz CT molecular complexity index is 1350. The molecule has 0 bridgehead atoms. The Hall–Kier alpha value is -3.41. The Labute approximate surface area is 433 Å². The third-order valence-electron chi connectivity index (χ3n) is 12.6. The fourth-order valence-electron chi connectivity index (χ4n) is 8.27. The summed E-state index contributed by atoms with van der Waals surface area (Å²) >= 11 is 0. The molecule has 1 unspecified atom stereocenters. The van der Waals surface area contributed by atoms with E-state index >= 15 is 0 Å². The number of rotatable bonds is 53. The molecule has 0 aromatic carbocycles. The zero-order chi connectivity index (χ0) is 50.7. The van der Waals surface area contributed by atoms with Gasteiger partial charge in [-0.3, -0.25) is 14.4 Å². The van der Waals surface area contributed by atoms with Gasteiger partial charge in [0, 0.05) is 19.3 Å². The lowest BCUT2D eigenvalue weighted by Gasteiger charge is -2.18. The first-order chi connectivity index (χ1) is 34.5. The lowest BCUT2D eigenvalue weighted by atomic mass is 10.0. The van der Waals surface area contributed by atoms with Gasteiger partial charge < -0.3 is 14.2 Å². The maximum absolute atomic E-state index is 12.9. The summed E-state index contributed by atoms with van der Waals surface area (Å²) in [6.07, 6.45) is 75.7. The second-order valence-corrected chi connectivity index (χ2v) is 19.5. The van der Waals surface area contributed by atoms with Crippen molar-refractivity contribution in [1.82, 2.24) is 0 Å². The highest BCUT2D eigenvalue weighted by Crippen LogP contribution is 2.16. The Kier molecular flexibility index (Phi) is 55.3. The summed E-state index contributed by atoms with van der Waals surface area (Å²) in [6.45, 7) is 6.41. The van der Waals surface area contributed by atoms with Crippen LogP contribution in [0.3, 0.4) is 0 Å². The second kappa shape index (κ2) is 58.2. The molecule has 0 heterocycles. The number of hydrogen-bond acceptors (Lipinski definition) is 6. The molecule has 6 heteroatoms. The number of hydrogen-bond donors (Lipinski definition) is 0. The van der Waals surface area contributed by atoms with Crippen LogP contribution in [0.5, 0.6) is 0 Å². The average molecular weight is 976 g/mol. The Morgan fingerprint density at radius 3 is 0.886 bits per heavy atom. The first-order valence-electron chi connectivity index (χ1n) is 29.6. The van der Waals surface area contributed by atoms with E-state index in [1.807, 2.05) is 0 Å². The molecule has 0 aliphatic rings. The molecule has 0 aliphatic heterocycles. The normalized spacial score (nSPS) is 12.7. The highest BCUT2D eigenvalue weighted by molar-refractivity contribution is 5.71. The number of ether oxygens (including phenoxy) is 3. The minimum Gasteiger partial charge on any atom is -0.462 e. The highest BCUT2D eigenvalue weighted by atomic mass is 16.6. The molecule has 70 heavy (non-hydrogen) atoms. The first kappa shape index (κ1) is 66.6. The minimum absolute atomic E-state index is 0.0877. The van der Waals surface area contributed by atoms with E-state index in [4.69, 9.17) is 14.2 Å². The Morgan fingerprint density at radius 1 is 0.300 bits per heavy atom. The molecule has 0 saturated heterocycles. The Balaban J connectivity index is 4.41. The van der Waals surface area contributed by atoms with Crippen LogP contribution < -0.4 is 0 Å². The van der Waals surface area contributed by atoms with E-state index in [9.17, 15) is 14.4 Å². The summed E-state index contributed by atoms with van der Waals surface area (Å²) in [5.41, 5.74) is 0. The van der Waals surface area contributed by atoms with Gasteiger partial charge in [-0.1, -0.05) is 260 Å². The largest absolute Gasteiger partial charge is 0.462 e. The van der Waals surface area contributed by atoms with Crippen LogP contribution in [0.15, 0.2) is 85.1 Å². The quantitative estimate of drug-likeness (QED) is 0.0261. The van der Waals surface area contributed by atoms with Crippen molar-refractivity contribution in [3.05, 3.63) is 85.1 Å². The van der Waals surface area contributed by atoms with Gasteiger partial charge in [-0.05, 0) is 89.9 Å². The summed E-state index contributed by atoms with van der Waals surface area (Å²) in [5.74, 6) is -0.914. The third-order valence-corrected chi connectivity index (χ3v) is 12.6. The van der Waals surface area contributed by atoms with Crippen molar-refractivity contribution in [2.24, 2.45) is 0 Å². The van der Waals surface area contributed by atoms with Crippen molar-refractivity contribution < 1.29 is 28.6 Å². The van der Waals surface area contributed by atoms with Gasteiger partial charge in [0.1, 0.15) is 13.2 Å². The van der Waals surface area contributed by atoms with E-state index in [0.29, 0.717) is 19.3 Å². The van der Waals surface area contributed by atoms with Crippen LogP contribution in [-0.4, -0.2) is 37.2 Å². The predicted octanol–water partition coefficient (Wildman–Crippen LogP) is 19.9. The molecule has 0 spiro atoms. The molecule has 402 valence electrons. The standard InChI is InChI=1S/C64H110O6/c1-4-7-10-13-16-19-22-25-28-31-32-34-36-39-42-45-48-51-54-57-63(66)69-60-61(59-68-62(65)56-53-50-47-44-41-38-35-30-27-24-21-18-15-12-9-6-3)70-64(67)58-55-52-49-46-43-40-37-33-29-26-23-20-17-14-11-8-5-2/h7,9-10,12,16,18-19,21,25,27-28,30,38,41,61H,4-6,8,11,13-15,17,20,22-24,26,29,31-37,39-40,42-60H2,1-3H3/b10-7-,12-9-,19-16-,21-18-,28-25-,30-27-,41-38-. The molecule has 0 amide bonds. The van der Waals surface area contributed by atoms with Crippen molar-refractivity contribution in [3.8, 4) is 0 Å². The Morgan fingerprint density at radius 2 is 0.557 bits per heavy atom. The zero-order valence-electron chi connectivity index (χ0n) is 46.0. The second-order valence-electron chi connectivity index (χ2n) is 19.5. The lowest BCUT2D eigenvalue weighted by molar-refractivity contribution is -0.167. The molecule has 0 aliphatic carbocycles. The number of carbonyl (C=O) groups is 3. The average Bonchev–Trinajstić information content (AvgIpc) is 3.36. The third kappa shape index (κ3) is 55.5. The predicted molar refractivity (Wildman–Crippen MR) is 302 cm³/mol. The maximum Gasteiger partial charge on any atom is 0.306 e. The number of allylic oxidation sites excluding steroid dienone is 14. The van der Waals surface area contributed by atoms with Crippen LogP contribution in [0, 0.1) is 0 Å². The van der Waals surface area contributed by atoms with Gasteiger partial charge in [0.2, 0.25) is 0 Å². The molecule has 0 radical (unpaired) electrons. The van der Waals surface area contributed by atoms with Gasteiger partial charge in [0.05, 0.1) is 0 Å². The SMILES string of the molecule is CC/C=C\C/C=C\C/C=C\C/C=C\CCCCCC(=O)OCC(COC(=O)CCCCCCCCCCC/C=C\C/C=C\C/C=C\CC)OC(=O)CCCCCCCCCCCCCCCCCCC. The minimum atomic E-state index is -0.791. The molecule has 1 atom stereocenters. The van der Waals surface area contributed by atoms with E-state index in [1.54, 1.807) is 0 Å². The van der Waals surface area contributed by atoms with Crippen molar-refractivity contribution >= 4 is 17.9 Å². The smallest absolute Gasteiger partial charge is 0.306 e. The molecule has 0 aromatic heterocycles. The van der Waals surface area contributed by atoms with Crippen molar-refractivity contribution in [3.63, 3.8) is 0 Å². The first-order valence-corrected chi connectivity index (χ1v) is 29.6. The summed E-state index contributed by atoms with van der Waals surface area (Å²) in [7, 11) is 0. The van der Waals surface area contributed by atoms with E-state index in [1.165, 1.54) is 135 Å². The molecule has 0 saturated carbocycles. The fraction of sp³-hybridized carbons (Fsp3) is 0.734. The molecular weight excluding hydrogens is 865 g/mol. The fourth-order valence-corrected chi connectivity index (χ4v) is 8.27. The summed E-state index contributed by atoms with van der Waals surface area (Å²) < 4.78 is 16.9. The molecular formula is C64H110O6. The monoisotopic (exact) mass is 975 g/mol. The van der Waals surface area contributed by atoms with Gasteiger partial charge in [0.15, 0.2) is 6.10 Å². The van der Waals surface area contributed by atoms with E-state index in [0.717, 1.165) is 109 Å². The van der Waals surface area contributed by atoms with Gasteiger partial charge in [-0.15, -0.1) is 0 Å². The summed E-state index contributed by atoms with van der Waals surface area (Å²) in [5, 5.41) is 0. The van der Waals surface area contributed by atoms with Crippen molar-refractivity contribution in [2.45, 2.75) is 290 Å². The molecule has 0 aromatic rings. The summed E-state index contributed by atoms with van der Waals surface area (Å²) in [6, 6.07) is 0. The van der Waals surface area contributed by atoms with Gasteiger partial charge in [-0.2, -0.15) is 0 Å². The van der Waals surface area contributed by atoms with Crippen LogP contribution in [0.1, 0.15) is 284 Å². The highest BCUT2D eigenvalue weighted by Gasteiger charge is 2.19. The van der Waals surface area contributed by atoms with Gasteiger partial charge in [-0.25, -0.2) is 0 Å². The number of esters is 3. The molecule has 0 N–H and O–H groups in total. The lowest BCUT2D eigenvalue weighted by Crippen LogP contribution is -2.30.